The molecule has 1 aliphatic heterocycles. The average Bonchev–Trinajstić information content (AvgIpc) is 3.10. The van der Waals surface area contributed by atoms with Crippen LogP contribution in [0.5, 0.6) is 11.5 Å². The molecule has 34 heavy (non-hydrogen) atoms. The van der Waals surface area contributed by atoms with Crippen LogP contribution in [0.25, 0.3) is 6.08 Å². The Kier molecular flexibility index (Phi) is 7.49. The third kappa shape index (κ3) is 6.04. The van der Waals surface area contributed by atoms with E-state index in [0.29, 0.717) is 28.2 Å². The molecule has 0 radical (unpaired) electrons. The lowest BCUT2D eigenvalue weighted by atomic mass is 10.0. The minimum Gasteiger partial charge on any atom is -0.493 e. The van der Waals surface area contributed by atoms with E-state index in [-0.39, 0.29) is 17.6 Å². The first-order valence-corrected chi connectivity index (χ1v) is 10.6. The van der Waals surface area contributed by atoms with Gasteiger partial charge in [0.25, 0.3) is 5.91 Å². The third-order valence-corrected chi connectivity index (χ3v) is 5.50. The van der Waals surface area contributed by atoms with Crippen LogP contribution in [-0.4, -0.2) is 24.7 Å². The van der Waals surface area contributed by atoms with Gasteiger partial charge in [-0.3, -0.25) is 4.79 Å². The fourth-order valence-electron chi connectivity index (χ4n) is 2.98. The van der Waals surface area contributed by atoms with E-state index >= 15 is 0 Å². The van der Waals surface area contributed by atoms with Gasteiger partial charge in [0, 0.05) is 12.1 Å². The highest BCUT2D eigenvalue weighted by atomic mass is 32.2. The minimum atomic E-state index is -5.00. The molecule has 0 unspecified atom stereocenters. The Bertz CT molecular complexity index is 1140. The summed E-state index contributed by atoms with van der Waals surface area (Å²) in [5.74, 6) is -0.173. The number of carbonyl (C=O) groups excluding carboxylic acids is 1. The molecule has 2 aromatic carbocycles. The van der Waals surface area contributed by atoms with E-state index in [9.17, 15) is 31.1 Å². The zero-order chi connectivity index (χ0) is 25.1. The van der Waals surface area contributed by atoms with E-state index in [4.69, 9.17) is 9.47 Å². The Balaban J connectivity index is 1.81. The van der Waals surface area contributed by atoms with Crippen molar-refractivity contribution in [1.29, 1.82) is 0 Å². The van der Waals surface area contributed by atoms with Crippen molar-refractivity contribution < 1.29 is 40.6 Å². The van der Waals surface area contributed by atoms with Crippen molar-refractivity contribution in [3.05, 3.63) is 63.6 Å². The highest BCUT2D eigenvalue weighted by Crippen LogP contribution is 2.38. The van der Waals surface area contributed by atoms with Crippen LogP contribution in [0.1, 0.15) is 29.2 Å². The molecule has 1 N–H and O–H groups in total. The van der Waals surface area contributed by atoms with E-state index in [1.165, 1.54) is 19.2 Å². The highest BCUT2D eigenvalue weighted by molar-refractivity contribution is 8.18. The molecule has 12 heteroatoms. The molecule has 0 saturated heterocycles. The van der Waals surface area contributed by atoms with Crippen LogP contribution < -0.4 is 14.8 Å². The maximum atomic E-state index is 13.3. The number of carbonyl (C=O) groups is 1. The van der Waals surface area contributed by atoms with Gasteiger partial charge in [-0.1, -0.05) is 12.1 Å². The number of aliphatic imine (C=N–C) groups is 1. The summed E-state index contributed by atoms with van der Waals surface area (Å²) in [6, 6.07) is 5.87. The van der Waals surface area contributed by atoms with Crippen molar-refractivity contribution in [2.75, 3.05) is 13.7 Å². The molecule has 1 heterocycles. The zero-order valence-corrected chi connectivity index (χ0v) is 18.6. The number of rotatable bonds is 6. The van der Waals surface area contributed by atoms with Crippen LogP contribution in [0, 0.1) is 0 Å². The summed E-state index contributed by atoms with van der Waals surface area (Å²) in [5, 5.41) is 3.42. The molecular formula is C22H18F6N2O3S. The number of ether oxygens (including phenoxy) is 2. The molecule has 5 nitrogen and oxygen atoms in total. The second-order valence-electron chi connectivity index (χ2n) is 6.93. The summed E-state index contributed by atoms with van der Waals surface area (Å²) in [5.41, 5.74) is -2.75. The fourth-order valence-corrected chi connectivity index (χ4v) is 3.86. The Hall–Kier alpha value is -3.15. The number of thioether (sulfide) groups is 1. The molecule has 0 atom stereocenters. The van der Waals surface area contributed by atoms with Gasteiger partial charge < -0.3 is 14.8 Å². The topological polar surface area (TPSA) is 59.9 Å². The van der Waals surface area contributed by atoms with E-state index in [1.807, 2.05) is 6.92 Å². The van der Waals surface area contributed by atoms with Gasteiger partial charge in [0.05, 0.1) is 23.1 Å². The highest BCUT2D eigenvalue weighted by Gasteiger charge is 2.38. The first kappa shape index (κ1) is 25.5. The van der Waals surface area contributed by atoms with Crippen LogP contribution in [0.3, 0.4) is 0 Å². The van der Waals surface area contributed by atoms with Crippen LogP contribution in [0.15, 0.2) is 46.3 Å². The fraction of sp³-hybridized carbons (Fsp3) is 0.273. The summed E-state index contributed by atoms with van der Waals surface area (Å²) in [6.07, 6.45) is -8.34. The number of benzene rings is 2. The van der Waals surface area contributed by atoms with Crippen molar-refractivity contribution in [3.63, 3.8) is 0 Å². The van der Waals surface area contributed by atoms with Crippen molar-refractivity contribution in [1.82, 2.24) is 5.32 Å². The van der Waals surface area contributed by atoms with Crippen LogP contribution >= 0.6 is 11.8 Å². The van der Waals surface area contributed by atoms with Gasteiger partial charge in [0.2, 0.25) is 0 Å². The second-order valence-corrected chi connectivity index (χ2v) is 7.96. The lowest BCUT2D eigenvalue weighted by Gasteiger charge is -2.17. The molecule has 1 aliphatic rings. The van der Waals surface area contributed by atoms with E-state index < -0.39 is 41.6 Å². The van der Waals surface area contributed by atoms with Gasteiger partial charge in [0.15, 0.2) is 16.7 Å². The normalized spacial score (nSPS) is 15.5. The zero-order valence-electron chi connectivity index (χ0n) is 17.8. The summed E-state index contributed by atoms with van der Waals surface area (Å²) < 4.78 is 89.3. The number of nitrogens with zero attached hydrogens (tertiary/aromatic N) is 1. The molecule has 1 amide bonds. The SMILES string of the molecule is CCNC1=NC(=O)/C(=C\c2ccc(OCc3ccc(C(F)(F)F)cc3C(F)(F)F)c(OC)c2)S1. The summed E-state index contributed by atoms with van der Waals surface area (Å²) in [7, 11) is 1.32. The second kappa shape index (κ2) is 10.00. The Morgan fingerprint density at radius 2 is 1.76 bits per heavy atom. The number of methoxy groups -OCH3 is 1. The summed E-state index contributed by atoms with van der Waals surface area (Å²) in [4.78, 5) is 16.2. The molecule has 2 aromatic rings. The quantitative estimate of drug-likeness (QED) is 0.393. The average molecular weight is 504 g/mol. The van der Waals surface area contributed by atoms with Gasteiger partial charge in [-0.05, 0) is 54.6 Å². The van der Waals surface area contributed by atoms with Crippen molar-refractivity contribution >= 4 is 28.9 Å². The number of amides is 1. The lowest BCUT2D eigenvalue weighted by Crippen LogP contribution is -2.17. The van der Waals surface area contributed by atoms with E-state index in [1.54, 1.807) is 12.1 Å². The summed E-state index contributed by atoms with van der Waals surface area (Å²) >= 11 is 1.16. The molecule has 0 aromatic heterocycles. The molecule has 182 valence electrons. The third-order valence-electron chi connectivity index (χ3n) is 4.56. The van der Waals surface area contributed by atoms with Gasteiger partial charge >= 0.3 is 12.4 Å². The minimum absolute atomic E-state index is 0.0607. The van der Waals surface area contributed by atoms with Crippen molar-refractivity contribution in [2.24, 2.45) is 4.99 Å². The lowest BCUT2D eigenvalue weighted by molar-refractivity contribution is -0.143. The van der Waals surface area contributed by atoms with Gasteiger partial charge in [-0.2, -0.15) is 31.3 Å². The van der Waals surface area contributed by atoms with Gasteiger partial charge in [-0.15, -0.1) is 0 Å². The maximum Gasteiger partial charge on any atom is 0.416 e. The smallest absolute Gasteiger partial charge is 0.416 e. The number of hydrogen-bond acceptors (Lipinski definition) is 5. The van der Waals surface area contributed by atoms with Crippen LogP contribution in [-0.2, 0) is 23.8 Å². The van der Waals surface area contributed by atoms with Crippen LogP contribution in [0.2, 0.25) is 0 Å². The van der Waals surface area contributed by atoms with E-state index in [2.05, 4.69) is 10.3 Å². The van der Waals surface area contributed by atoms with Gasteiger partial charge in [0.1, 0.15) is 6.61 Å². The van der Waals surface area contributed by atoms with Gasteiger partial charge in [-0.25, -0.2) is 0 Å². The van der Waals surface area contributed by atoms with Crippen molar-refractivity contribution in [3.8, 4) is 11.5 Å². The number of hydrogen-bond donors (Lipinski definition) is 1. The molecule has 0 spiro atoms. The molecule has 3 rings (SSSR count). The predicted octanol–water partition coefficient (Wildman–Crippen LogP) is 5.89. The largest absolute Gasteiger partial charge is 0.493 e. The number of nitrogens with one attached hydrogen (secondary N) is 1. The van der Waals surface area contributed by atoms with Crippen molar-refractivity contribution in [2.45, 2.75) is 25.9 Å². The Morgan fingerprint density at radius 1 is 1.03 bits per heavy atom. The number of amidine groups is 1. The molecule has 0 bridgehead atoms. The monoisotopic (exact) mass is 504 g/mol. The first-order chi connectivity index (χ1) is 15.9. The first-order valence-electron chi connectivity index (χ1n) is 9.77. The maximum absolute atomic E-state index is 13.3. The Labute approximate surface area is 194 Å². The molecule has 0 fully saturated rings. The molecular weight excluding hydrogens is 486 g/mol. The Morgan fingerprint density at radius 3 is 2.38 bits per heavy atom. The number of alkyl halides is 6. The molecule has 0 aliphatic carbocycles. The predicted molar refractivity (Wildman–Crippen MR) is 115 cm³/mol. The van der Waals surface area contributed by atoms with E-state index in [0.717, 1.165) is 17.8 Å². The molecule has 0 saturated carbocycles. The standard InChI is InChI=1S/C22H18F6N2O3S/c1-3-29-20-30-19(31)18(34-20)9-12-4-7-16(17(8-12)32-2)33-11-13-5-6-14(21(23,24)25)10-15(13)22(26,27)28/h4-10H,3,11H2,1-2H3,(H,29,30,31)/b18-9+. The summed E-state index contributed by atoms with van der Waals surface area (Å²) in [6.45, 7) is 1.82. The van der Waals surface area contributed by atoms with Crippen LogP contribution in [0.4, 0.5) is 26.3 Å². The number of halogens is 6.